The summed E-state index contributed by atoms with van der Waals surface area (Å²) in [6.07, 6.45) is 2.98. The predicted molar refractivity (Wildman–Crippen MR) is 105 cm³/mol. The predicted octanol–water partition coefficient (Wildman–Crippen LogP) is 2.03. The van der Waals surface area contributed by atoms with Crippen molar-refractivity contribution >= 4 is 35.0 Å². The molecule has 1 atom stereocenters. The van der Waals surface area contributed by atoms with Crippen LogP contribution >= 0.6 is 23.2 Å². The van der Waals surface area contributed by atoms with E-state index in [0.717, 1.165) is 32.4 Å². The Kier molecular flexibility index (Phi) is 6.98. The second-order valence-corrected chi connectivity index (χ2v) is 8.07. The molecule has 1 aromatic rings. The fourth-order valence-electron chi connectivity index (χ4n) is 3.77. The van der Waals surface area contributed by atoms with E-state index in [0.29, 0.717) is 40.7 Å². The molecule has 27 heavy (non-hydrogen) atoms. The number of rotatable bonds is 5. The van der Waals surface area contributed by atoms with Crippen LogP contribution in [-0.4, -0.2) is 72.1 Å². The van der Waals surface area contributed by atoms with E-state index < -0.39 is 0 Å². The molecule has 6 nitrogen and oxygen atoms in total. The Hall–Kier alpha value is -1.34. The molecule has 2 saturated heterocycles. The van der Waals surface area contributed by atoms with Crippen molar-refractivity contribution in [1.82, 2.24) is 15.1 Å². The lowest BCUT2D eigenvalue weighted by Crippen LogP contribution is -2.45. The van der Waals surface area contributed by atoms with Crippen molar-refractivity contribution in [1.29, 1.82) is 0 Å². The van der Waals surface area contributed by atoms with E-state index in [1.54, 1.807) is 12.1 Å². The molecule has 0 aliphatic carbocycles. The minimum atomic E-state index is -0.344. The van der Waals surface area contributed by atoms with E-state index in [4.69, 9.17) is 23.2 Å². The molecule has 0 bridgehead atoms. The average molecular weight is 414 g/mol. The number of aliphatic hydroxyl groups is 1. The lowest BCUT2D eigenvalue weighted by molar-refractivity contribution is -0.129. The molecular weight excluding hydrogens is 389 g/mol. The van der Waals surface area contributed by atoms with Gasteiger partial charge in [-0.1, -0.05) is 23.2 Å². The first-order chi connectivity index (χ1) is 13.0. The van der Waals surface area contributed by atoms with Crippen molar-refractivity contribution in [3.63, 3.8) is 0 Å². The van der Waals surface area contributed by atoms with Gasteiger partial charge in [0, 0.05) is 31.3 Å². The summed E-state index contributed by atoms with van der Waals surface area (Å²) in [6, 6.07) is 5.01. The van der Waals surface area contributed by atoms with Crippen molar-refractivity contribution < 1.29 is 14.7 Å². The highest BCUT2D eigenvalue weighted by molar-refractivity contribution is 6.42. The fourth-order valence-corrected chi connectivity index (χ4v) is 4.07. The number of carbonyl (C=O) groups excluding carboxylic acids is 2. The molecule has 2 aliphatic rings. The van der Waals surface area contributed by atoms with Crippen molar-refractivity contribution in [2.24, 2.45) is 5.92 Å². The third-order valence-electron chi connectivity index (χ3n) is 5.52. The summed E-state index contributed by atoms with van der Waals surface area (Å²) in [5, 5.41) is 12.6. The third-order valence-corrected chi connectivity index (χ3v) is 6.26. The first-order valence-corrected chi connectivity index (χ1v) is 10.1. The number of likely N-dealkylation sites (tertiary alicyclic amines) is 2. The zero-order valence-electron chi connectivity index (χ0n) is 15.2. The molecule has 2 fully saturated rings. The van der Waals surface area contributed by atoms with Crippen LogP contribution in [0.15, 0.2) is 18.2 Å². The number of nitrogens with zero attached hydrogens (tertiary/aromatic N) is 2. The summed E-state index contributed by atoms with van der Waals surface area (Å²) in [7, 11) is 0. The first-order valence-electron chi connectivity index (χ1n) is 9.34. The van der Waals surface area contributed by atoms with Crippen LogP contribution in [0.4, 0.5) is 0 Å². The summed E-state index contributed by atoms with van der Waals surface area (Å²) in [6.45, 7) is 3.61. The third kappa shape index (κ3) is 5.13. The highest BCUT2D eigenvalue weighted by atomic mass is 35.5. The van der Waals surface area contributed by atoms with Gasteiger partial charge < -0.3 is 15.3 Å². The highest BCUT2D eigenvalue weighted by Gasteiger charge is 2.32. The number of aliphatic hydroxyl groups excluding tert-OH is 1. The number of nitrogens with one attached hydrogen (secondary N) is 1. The monoisotopic (exact) mass is 413 g/mol. The molecule has 1 unspecified atom stereocenters. The van der Waals surface area contributed by atoms with E-state index in [9.17, 15) is 14.7 Å². The molecule has 0 aromatic heterocycles. The van der Waals surface area contributed by atoms with Crippen LogP contribution in [0, 0.1) is 5.92 Å². The van der Waals surface area contributed by atoms with Gasteiger partial charge in [-0.3, -0.25) is 14.5 Å². The molecule has 3 rings (SSSR count). The minimum absolute atomic E-state index is 0.0294. The highest BCUT2D eigenvalue weighted by Crippen LogP contribution is 2.24. The van der Waals surface area contributed by atoms with Gasteiger partial charge in [0.1, 0.15) is 0 Å². The smallest absolute Gasteiger partial charge is 0.251 e. The maximum atomic E-state index is 12.4. The zero-order valence-corrected chi connectivity index (χ0v) is 16.7. The second-order valence-electron chi connectivity index (χ2n) is 7.26. The quantitative estimate of drug-likeness (QED) is 0.774. The average Bonchev–Trinajstić information content (AvgIpc) is 3.18. The molecule has 1 aromatic carbocycles. The summed E-state index contributed by atoms with van der Waals surface area (Å²) in [4.78, 5) is 28.9. The molecule has 2 aliphatic heterocycles. The van der Waals surface area contributed by atoms with E-state index in [1.165, 1.54) is 6.07 Å². The van der Waals surface area contributed by atoms with Crippen LogP contribution in [0.1, 0.15) is 29.6 Å². The van der Waals surface area contributed by atoms with E-state index >= 15 is 0 Å². The maximum Gasteiger partial charge on any atom is 0.251 e. The van der Waals surface area contributed by atoms with E-state index in [1.807, 2.05) is 4.90 Å². The standard InChI is InChI=1S/C19H25Cl2N3O3/c20-16-2-1-14(9-17(16)21)19(27)22-10-18(26)24-8-5-15(11-24)23-6-3-13(12-25)4-7-23/h1-2,9,13,15,25H,3-8,10-12H2,(H,22,27). The molecule has 2 heterocycles. The Balaban J connectivity index is 1.45. The zero-order chi connectivity index (χ0) is 19.4. The van der Waals surface area contributed by atoms with Gasteiger partial charge in [-0.05, 0) is 56.5 Å². The maximum absolute atomic E-state index is 12.4. The Morgan fingerprint density at radius 3 is 2.52 bits per heavy atom. The Labute approximate surface area is 169 Å². The summed E-state index contributed by atoms with van der Waals surface area (Å²) in [5.41, 5.74) is 0.378. The van der Waals surface area contributed by atoms with Gasteiger partial charge in [-0.25, -0.2) is 0 Å². The number of halogens is 2. The topological polar surface area (TPSA) is 72.9 Å². The van der Waals surface area contributed by atoms with Gasteiger partial charge in [0.2, 0.25) is 5.91 Å². The van der Waals surface area contributed by atoms with Gasteiger partial charge in [-0.15, -0.1) is 0 Å². The van der Waals surface area contributed by atoms with Crippen LogP contribution in [0.3, 0.4) is 0 Å². The lowest BCUT2D eigenvalue weighted by Gasteiger charge is -2.35. The summed E-state index contributed by atoms with van der Waals surface area (Å²) in [5.74, 6) is -0.00290. The van der Waals surface area contributed by atoms with Gasteiger partial charge >= 0.3 is 0 Å². The van der Waals surface area contributed by atoms with Crippen LogP contribution < -0.4 is 5.32 Å². The second kappa shape index (κ2) is 9.24. The molecule has 0 spiro atoms. The van der Waals surface area contributed by atoms with Crippen molar-refractivity contribution in [3.05, 3.63) is 33.8 Å². The molecule has 2 N–H and O–H groups in total. The van der Waals surface area contributed by atoms with Gasteiger partial charge in [0.15, 0.2) is 0 Å². The SMILES string of the molecule is O=C(NCC(=O)N1CCC(N2CCC(CO)CC2)C1)c1ccc(Cl)c(Cl)c1. The summed E-state index contributed by atoms with van der Waals surface area (Å²) >= 11 is 11.8. The molecule has 0 radical (unpaired) electrons. The van der Waals surface area contributed by atoms with Gasteiger partial charge in [-0.2, -0.15) is 0 Å². The van der Waals surface area contributed by atoms with Crippen molar-refractivity contribution in [2.45, 2.75) is 25.3 Å². The number of hydrogen-bond donors (Lipinski definition) is 2. The van der Waals surface area contributed by atoms with Crippen LogP contribution in [-0.2, 0) is 4.79 Å². The minimum Gasteiger partial charge on any atom is -0.396 e. The van der Waals surface area contributed by atoms with Crippen molar-refractivity contribution in [3.8, 4) is 0 Å². The largest absolute Gasteiger partial charge is 0.396 e. The normalized spacial score (nSPS) is 21.4. The first kappa shape index (κ1) is 20.4. The van der Waals surface area contributed by atoms with E-state index in [-0.39, 0.29) is 25.0 Å². The molecule has 2 amide bonds. The number of amides is 2. The van der Waals surface area contributed by atoms with Crippen LogP contribution in [0.2, 0.25) is 10.0 Å². The Morgan fingerprint density at radius 2 is 1.85 bits per heavy atom. The van der Waals surface area contributed by atoms with Gasteiger partial charge in [0.25, 0.3) is 5.91 Å². The van der Waals surface area contributed by atoms with E-state index in [2.05, 4.69) is 10.2 Å². The number of hydrogen-bond acceptors (Lipinski definition) is 4. The number of piperidine rings is 1. The Bertz CT molecular complexity index is 693. The molecule has 0 saturated carbocycles. The fraction of sp³-hybridized carbons (Fsp3) is 0.579. The number of carbonyl (C=O) groups is 2. The molecular formula is C19H25Cl2N3O3. The summed E-state index contributed by atoms with van der Waals surface area (Å²) < 4.78 is 0. The lowest BCUT2D eigenvalue weighted by atomic mass is 9.96. The van der Waals surface area contributed by atoms with Gasteiger partial charge in [0.05, 0.1) is 16.6 Å². The molecule has 148 valence electrons. The Morgan fingerprint density at radius 1 is 1.11 bits per heavy atom. The number of benzene rings is 1. The van der Waals surface area contributed by atoms with Crippen LogP contribution in [0.25, 0.3) is 0 Å². The van der Waals surface area contributed by atoms with Crippen molar-refractivity contribution in [2.75, 3.05) is 39.3 Å². The molecule has 8 heteroatoms. The van der Waals surface area contributed by atoms with Crippen LogP contribution in [0.5, 0.6) is 0 Å².